The van der Waals surface area contributed by atoms with Gasteiger partial charge in [-0.1, -0.05) is 26.8 Å². The number of ketones is 1. The molecule has 1 aliphatic rings. The zero-order valence-electron chi connectivity index (χ0n) is 24.4. The number of carbonyl (C=O) groups is 1. The zero-order valence-corrected chi connectivity index (χ0v) is 24.4. The van der Waals surface area contributed by atoms with E-state index in [1.807, 2.05) is 20.8 Å². The molecule has 218 valence electrons. The summed E-state index contributed by atoms with van der Waals surface area (Å²) in [6.07, 6.45) is 1.57. The number of benzene rings is 2. The Balaban J connectivity index is 1.65. The zero-order chi connectivity index (χ0) is 29.9. The second-order valence-corrected chi connectivity index (χ2v) is 10.8. The van der Waals surface area contributed by atoms with Crippen molar-refractivity contribution in [3.8, 4) is 17.2 Å². The number of hydrogen-bond acceptors (Lipinski definition) is 7. The highest BCUT2D eigenvalue weighted by molar-refractivity contribution is 6.06. The van der Waals surface area contributed by atoms with E-state index in [-0.39, 0.29) is 65.9 Å². The number of aromatic nitrogens is 1. The van der Waals surface area contributed by atoms with E-state index in [9.17, 15) is 9.59 Å². The van der Waals surface area contributed by atoms with E-state index in [0.717, 1.165) is 5.56 Å². The molecule has 0 aliphatic carbocycles. The van der Waals surface area contributed by atoms with E-state index in [4.69, 9.17) is 19.6 Å². The average molecular weight is 565 g/mol. The number of amidine groups is 1. The van der Waals surface area contributed by atoms with Crippen LogP contribution in [-0.4, -0.2) is 48.4 Å². The molecular weight excluding hydrogens is 527 g/mol. The number of pyridine rings is 1. The number of aromatic amines is 1. The molecule has 3 N–H and O–H groups in total. The van der Waals surface area contributed by atoms with Crippen LogP contribution in [0.1, 0.15) is 67.2 Å². The van der Waals surface area contributed by atoms with Crippen LogP contribution in [0.4, 0.5) is 10.1 Å². The van der Waals surface area contributed by atoms with Crippen LogP contribution in [0.25, 0.3) is 0 Å². The molecule has 41 heavy (non-hydrogen) atoms. The lowest BCUT2D eigenvalue weighted by Crippen LogP contribution is -2.31. The molecule has 0 amide bonds. The number of fused-ring (bicyclic) bond motifs is 1. The van der Waals surface area contributed by atoms with Crippen LogP contribution in [0, 0.1) is 11.2 Å². The van der Waals surface area contributed by atoms with Gasteiger partial charge in [0.15, 0.2) is 23.1 Å². The van der Waals surface area contributed by atoms with Crippen LogP contribution in [0.5, 0.6) is 17.2 Å². The van der Waals surface area contributed by atoms with Gasteiger partial charge in [0.2, 0.25) is 0 Å². The fourth-order valence-corrected chi connectivity index (χ4v) is 4.91. The number of methoxy groups -OCH3 is 1. The first-order chi connectivity index (χ1) is 19.5. The molecule has 3 aromatic rings. The minimum absolute atomic E-state index is 0.0241. The topological polar surface area (TPSA) is 117 Å². The van der Waals surface area contributed by atoms with Crippen molar-refractivity contribution < 1.29 is 23.4 Å². The molecule has 0 bridgehead atoms. The quantitative estimate of drug-likeness (QED) is 0.272. The number of nitrogens with one attached hydrogen (secondary N) is 3. The fraction of sp³-hybridized carbons (Fsp3) is 0.387. The smallest absolute Gasteiger partial charge is 0.252 e. The molecule has 0 unspecified atom stereocenters. The van der Waals surface area contributed by atoms with Gasteiger partial charge in [-0.25, -0.2) is 4.39 Å². The van der Waals surface area contributed by atoms with Crippen molar-refractivity contribution in [3.63, 3.8) is 0 Å². The summed E-state index contributed by atoms with van der Waals surface area (Å²) >= 11 is 0. The highest BCUT2D eigenvalue weighted by Gasteiger charge is 2.33. The summed E-state index contributed by atoms with van der Waals surface area (Å²) in [5.41, 5.74) is 2.43. The largest absolute Gasteiger partial charge is 0.494 e. The molecule has 0 saturated heterocycles. The van der Waals surface area contributed by atoms with Gasteiger partial charge in [-0.2, -0.15) is 0 Å². The third-order valence-corrected chi connectivity index (χ3v) is 6.90. The maximum absolute atomic E-state index is 15.5. The van der Waals surface area contributed by atoms with E-state index < -0.39 is 5.82 Å². The van der Waals surface area contributed by atoms with Gasteiger partial charge in [0, 0.05) is 36.0 Å². The Kier molecular flexibility index (Phi) is 8.70. The number of Topliss-reactive ketones (excluding diaryl/α,β-unsaturated/α-hetero) is 1. The molecule has 10 heteroatoms. The number of hydrogen-bond donors (Lipinski definition) is 3. The summed E-state index contributed by atoms with van der Waals surface area (Å²) in [5.74, 6) is -0.146. The molecule has 9 nitrogen and oxygen atoms in total. The number of H-pyrrole nitrogens is 1. The van der Waals surface area contributed by atoms with Gasteiger partial charge in [0.25, 0.3) is 5.56 Å². The standard InChI is InChI=1S/C31H37FN4O5/c1-7-40-24-14-20-16-36(29(33)25(20)26(32)28(24)41-8-2)17-23(37)19-12-21(31(3,4)5)27(39-6)22(13-19)35-15-18-10-9-11-34-30(18)38/h9-14,33,35H,7-8,15-17H2,1-6H3,(H,34,38). The average Bonchev–Trinajstić information content (AvgIpc) is 3.23. The molecule has 0 saturated carbocycles. The Morgan fingerprint density at radius 2 is 1.88 bits per heavy atom. The second-order valence-electron chi connectivity index (χ2n) is 10.8. The number of anilines is 1. The Hall–Kier alpha value is -4.34. The van der Waals surface area contributed by atoms with E-state index in [1.54, 1.807) is 62.4 Å². The molecule has 1 aromatic heterocycles. The van der Waals surface area contributed by atoms with Gasteiger partial charge in [-0.3, -0.25) is 15.0 Å². The number of carbonyl (C=O) groups excluding carboxylic acids is 1. The molecule has 1 aliphatic heterocycles. The summed E-state index contributed by atoms with van der Waals surface area (Å²) in [6, 6.07) is 8.65. The van der Waals surface area contributed by atoms with Crippen molar-refractivity contribution in [2.75, 3.05) is 32.2 Å². The van der Waals surface area contributed by atoms with E-state index in [1.165, 1.54) is 0 Å². The first-order valence-electron chi connectivity index (χ1n) is 13.6. The lowest BCUT2D eigenvalue weighted by atomic mass is 9.84. The highest BCUT2D eigenvalue weighted by Crippen LogP contribution is 2.40. The number of nitrogens with zero attached hydrogens (tertiary/aromatic N) is 1. The van der Waals surface area contributed by atoms with Crippen molar-refractivity contribution in [1.82, 2.24) is 9.88 Å². The molecular formula is C31H37FN4O5. The molecule has 0 atom stereocenters. The Morgan fingerprint density at radius 3 is 2.51 bits per heavy atom. The van der Waals surface area contributed by atoms with E-state index in [0.29, 0.717) is 34.7 Å². The molecule has 0 fully saturated rings. The van der Waals surface area contributed by atoms with Crippen LogP contribution >= 0.6 is 0 Å². The normalized spacial score (nSPS) is 12.8. The molecule has 2 heterocycles. The number of ether oxygens (including phenoxy) is 3. The minimum Gasteiger partial charge on any atom is -0.494 e. The monoisotopic (exact) mass is 564 g/mol. The number of rotatable bonds is 11. The van der Waals surface area contributed by atoms with Crippen molar-refractivity contribution >= 4 is 17.3 Å². The molecule has 4 rings (SSSR count). The third kappa shape index (κ3) is 6.06. The van der Waals surface area contributed by atoms with Gasteiger partial charge < -0.3 is 29.4 Å². The first kappa shape index (κ1) is 29.6. The highest BCUT2D eigenvalue weighted by atomic mass is 19.1. The maximum Gasteiger partial charge on any atom is 0.252 e. The van der Waals surface area contributed by atoms with Gasteiger partial charge in [0.1, 0.15) is 11.6 Å². The van der Waals surface area contributed by atoms with Gasteiger partial charge in [-0.05, 0) is 49.1 Å². The van der Waals surface area contributed by atoms with Crippen LogP contribution in [0.2, 0.25) is 0 Å². The van der Waals surface area contributed by atoms with Crippen molar-refractivity contribution in [3.05, 3.63) is 80.5 Å². The summed E-state index contributed by atoms with van der Waals surface area (Å²) in [5, 5.41) is 11.9. The van der Waals surface area contributed by atoms with Crippen LogP contribution in [-0.2, 0) is 18.5 Å². The molecule has 0 radical (unpaired) electrons. The Morgan fingerprint density at radius 1 is 1.15 bits per heavy atom. The number of halogens is 1. The predicted octanol–water partition coefficient (Wildman–Crippen LogP) is 5.25. The fourth-order valence-electron chi connectivity index (χ4n) is 4.91. The van der Waals surface area contributed by atoms with E-state index >= 15 is 4.39 Å². The van der Waals surface area contributed by atoms with Crippen LogP contribution < -0.4 is 25.1 Å². The SMILES string of the molecule is CCOc1cc2c(c(F)c1OCC)C(=N)N(CC(=O)c1cc(NCc3ccc[nH]c3=O)c(OC)c(C(C)(C)C)c1)C2. The van der Waals surface area contributed by atoms with Crippen molar-refractivity contribution in [2.24, 2.45) is 0 Å². The van der Waals surface area contributed by atoms with Crippen molar-refractivity contribution in [1.29, 1.82) is 5.41 Å². The first-order valence-corrected chi connectivity index (χ1v) is 13.6. The van der Waals surface area contributed by atoms with E-state index in [2.05, 4.69) is 10.3 Å². The molecule has 0 spiro atoms. The third-order valence-electron chi connectivity index (χ3n) is 6.90. The lowest BCUT2D eigenvalue weighted by Gasteiger charge is -2.26. The minimum atomic E-state index is -0.658. The maximum atomic E-state index is 15.5. The van der Waals surface area contributed by atoms with Gasteiger partial charge >= 0.3 is 0 Å². The van der Waals surface area contributed by atoms with Crippen LogP contribution in [0.15, 0.2) is 41.3 Å². The summed E-state index contributed by atoms with van der Waals surface area (Å²) in [6.45, 7) is 10.5. The summed E-state index contributed by atoms with van der Waals surface area (Å²) < 4.78 is 32.4. The van der Waals surface area contributed by atoms with Gasteiger partial charge in [0.05, 0.1) is 38.1 Å². The Bertz CT molecular complexity index is 1530. The summed E-state index contributed by atoms with van der Waals surface area (Å²) in [7, 11) is 1.57. The predicted molar refractivity (Wildman–Crippen MR) is 156 cm³/mol. The second kappa shape index (κ2) is 12.0. The molecule has 2 aromatic carbocycles. The van der Waals surface area contributed by atoms with Crippen molar-refractivity contribution in [2.45, 2.75) is 53.1 Å². The lowest BCUT2D eigenvalue weighted by molar-refractivity contribution is 0.0962. The van der Waals surface area contributed by atoms with Gasteiger partial charge in [-0.15, -0.1) is 0 Å². The summed E-state index contributed by atoms with van der Waals surface area (Å²) in [4.78, 5) is 30.1. The Labute approximate surface area is 239 Å². The van der Waals surface area contributed by atoms with Crippen LogP contribution in [0.3, 0.4) is 0 Å².